The summed E-state index contributed by atoms with van der Waals surface area (Å²) in [5.41, 5.74) is 2.81. The maximum atomic E-state index is 8.70. The zero-order chi connectivity index (χ0) is 10.7. The van der Waals surface area contributed by atoms with E-state index in [4.69, 9.17) is 5.26 Å². The lowest BCUT2D eigenvalue weighted by Gasteiger charge is -1.97. The number of hydrogen-bond acceptors (Lipinski definition) is 3. The molecule has 0 bridgehead atoms. The van der Waals surface area contributed by atoms with Gasteiger partial charge in [0, 0.05) is 36.8 Å². The third-order valence-electron chi connectivity index (χ3n) is 2.13. The van der Waals surface area contributed by atoms with Crippen LogP contribution in [0.2, 0.25) is 0 Å². The SMILES string of the molecule is Cn1cc(CC#N)c(-c2ccncc2)n1. The van der Waals surface area contributed by atoms with Gasteiger partial charge in [-0.2, -0.15) is 10.4 Å². The lowest BCUT2D eigenvalue weighted by Crippen LogP contribution is -1.88. The van der Waals surface area contributed by atoms with E-state index >= 15 is 0 Å². The van der Waals surface area contributed by atoms with Gasteiger partial charge >= 0.3 is 0 Å². The third kappa shape index (κ3) is 1.86. The van der Waals surface area contributed by atoms with E-state index in [-0.39, 0.29) is 0 Å². The molecule has 0 amide bonds. The molecule has 0 atom stereocenters. The van der Waals surface area contributed by atoms with Crippen molar-refractivity contribution in [2.75, 3.05) is 0 Å². The van der Waals surface area contributed by atoms with Crippen LogP contribution in [0.5, 0.6) is 0 Å². The first kappa shape index (κ1) is 9.41. The van der Waals surface area contributed by atoms with Gasteiger partial charge in [-0.25, -0.2) is 0 Å². The fraction of sp³-hybridized carbons (Fsp3) is 0.182. The predicted molar refractivity (Wildman–Crippen MR) is 55.8 cm³/mol. The molecule has 2 aromatic rings. The summed E-state index contributed by atoms with van der Waals surface area (Å²) in [5.74, 6) is 0. The number of hydrogen-bond donors (Lipinski definition) is 0. The highest BCUT2D eigenvalue weighted by Crippen LogP contribution is 2.20. The monoisotopic (exact) mass is 198 g/mol. The largest absolute Gasteiger partial charge is 0.275 e. The minimum absolute atomic E-state index is 0.380. The van der Waals surface area contributed by atoms with Crippen molar-refractivity contribution in [3.8, 4) is 17.3 Å². The van der Waals surface area contributed by atoms with E-state index in [0.717, 1.165) is 16.8 Å². The number of nitriles is 1. The molecule has 0 aliphatic rings. The first-order valence-electron chi connectivity index (χ1n) is 4.61. The predicted octanol–water partition coefficient (Wildman–Crippen LogP) is 1.55. The molecular formula is C11H10N4. The first-order valence-corrected chi connectivity index (χ1v) is 4.61. The van der Waals surface area contributed by atoms with Gasteiger partial charge in [-0.1, -0.05) is 0 Å². The van der Waals surface area contributed by atoms with Crippen molar-refractivity contribution in [2.24, 2.45) is 7.05 Å². The highest BCUT2D eigenvalue weighted by molar-refractivity contribution is 5.62. The zero-order valence-electron chi connectivity index (χ0n) is 8.38. The van der Waals surface area contributed by atoms with Gasteiger partial charge in [0.1, 0.15) is 0 Å². The summed E-state index contributed by atoms with van der Waals surface area (Å²) in [6.07, 6.45) is 5.70. The molecule has 74 valence electrons. The quantitative estimate of drug-likeness (QED) is 0.735. The first-order chi connectivity index (χ1) is 7.31. The summed E-state index contributed by atoms with van der Waals surface area (Å²) in [5, 5.41) is 13.0. The number of pyridine rings is 1. The Morgan fingerprint density at radius 1 is 1.40 bits per heavy atom. The summed E-state index contributed by atoms with van der Waals surface area (Å²) < 4.78 is 1.72. The molecule has 0 aliphatic carbocycles. The third-order valence-corrected chi connectivity index (χ3v) is 2.13. The van der Waals surface area contributed by atoms with Crippen molar-refractivity contribution in [2.45, 2.75) is 6.42 Å². The zero-order valence-corrected chi connectivity index (χ0v) is 8.38. The molecule has 2 rings (SSSR count). The van der Waals surface area contributed by atoms with Gasteiger partial charge < -0.3 is 0 Å². The molecule has 0 radical (unpaired) electrons. The Bertz CT molecular complexity index is 493. The standard InChI is InChI=1S/C11H10N4/c1-15-8-10(2-5-12)11(14-15)9-3-6-13-7-4-9/h3-4,6-8H,2H2,1H3. The molecule has 0 N–H and O–H groups in total. The highest BCUT2D eigenvalue weighted by atomic mass is 15.2. The van der Waals surface area contributed by atoms with Crippen molar-refractivity contribution in [1.82, 2.24) is 14.8 Å². The Hall–Kier alpha value is -2.15. The second-order valence-electron chi connectivity index (χ2n) is 3.25. The molecule has 4 nitrogen and oxygen atoms in total. The fourth-order valence-corrected chi connectivity index (χ4v) is 1.50. The molecule has 4 heteroatoms. The molecule has 15 heavy (non-hydrogen) atoms. The van der Waals surface area contributed by atoms with Gasteiger partial charge in [0.05, 0.1) is 18.2 Å². The summed E-state index contributed by atoms with van der Waals surface area (Å²) in [7, 11) is 1.85. The van der Waals surface area contributed by atoms with Crippen molar-refractivity contribution in [3.63, 3.8) is 0 Å². The minimum Gasteiger partial charge on any atom is -0.275 e. The Morgan fingerprint density at radius 2 is 2.13 bits per heavy atom. The van der Waals surface area contributed by atoms with Gasteiger partial charge in [-0.05, 0) is 12.1 Å². The Kier molecular flexibility index (Phi) is 2.46. The van der Waals surface area contributed by atoms with Crippen LogP contribution >= 0.6 is 0 Å². The average molecular weight is 198 g/mol. The Morgan fingerprint density at radius 3 is 2.80 bits per heavy atom. The van der Waals surface area contributed by atoms with Crippen LogP contribution in [0.1, 0.15) is 5.56 Å². The van der Waals surface area contributed by atoms with E-state index in [2.05, 4.69) is 16.2 Å². The van der Waals surface area contributed by atoms with E-state index in [1.165, 1.54) is 0 Å². The number of aromatic nitrogens is 3. The number of rotatable bonds is 2. The maximum absolute atomic E-state index is 8.70. The molecule has 0 aliphatic heterocycles. The van der Waals surface area contributed by atoms with Gasteiger partial charge in [0.15, 0.2) is 0 Å². The minimum atomic E-state index is 0.380. The fourth-order valence-electron chi connectivity index (χ4n) is 1.50. The molecule has 2 heterocycles. The van der Waals surface area contributed by atoms with E-state index in [1.807, 2.05) is 25.4 Å². The van der Waals surface area contributed by atoms with Crippen LogP contribution in [0, 0.1) is 11.3 Å². The van der Waals surface area contributed by atoms with Crippen molar-refractivity contribution in [1.29, 1.82) is 5.26 Å². The van der Waals surface area contributed by atoms with Crippen LogP contribution in [-0.2, 0) is 13.5 Å². The molecule has 0 fully saturated rings. The van der Waals surface area contributed by atoms with Crippen LogP contribution in [-0.4, -0.2) is 14.8 Å². The summed E-state index contributed by atoms with van der Waals surface area (Å²) in [6.45, 7) is 0. The van der Waals surface area contributed by atoms with Gasteiger partial charge in [0.25, 0.3) is 0 Å². The summed E-state index contributed by atoms with van der Waals surface area (Å²) in [4.78, 5) is 3.95. The summed E-state index contributed by atoms with van der Waals surface area (Å²) in [6, 6.07) is 5.92. The van der Waals surface area contributed by atoms with Gasteiger partial charge in [0.2, 0.25) is 0 Å². The van der Waals surface area contributed by atoms with Crippen molar-refractivity contribution < 1.29 is 0 Å². The number of aryl methyl sites for hydroxylation is 1. The lowest BCUT2D eigenvalue weighted by atomic mass is 10.1. The molecular weight excluding hydrogens is 188 g/mol. The highest BCUT2D eigenvalue weighted by Gasteiger charge is 2.08. The molecule has 0 spiro atoms. The van der Waals surface area contributed by atoms with Gasteiger partial charge in [-0.15, -0.1) is 0 Å². The summed E-state index contributed by atoms with van der Waals surface area (Å²) >= 11 is 0. The van der Waals surface area contributed by atoms with E-state index in [1.54, 1.807) is 17.1 Å². The maximum Gasteiger partial charge on any atom is 0.0966 e. The van der Waals surface area contributed by atoms with Crippen LogP contribution in [0.15, 0.2) is 30.7 Å². The average Bonchev–Trinajstić information content (AvgIpc) is 2.62. The smallest absolute Gasteiger partial charge is 0.0966 e. The lowest BCUT2D eigenvalue weighted by molar-refractivity contribution is 0.770. The van der Waals surface area contributed by atoms with Crippen LogP contribution in [0.3, 0.4) is 0 Å². The molecule has 0 aromatic carbocycles. The van der Waals surface area contributed by atoms with Crippen LogP contribution in [0.4, 0.5) is 0 Å². The van der Waals surface area contributed by atoms with Gasteiger partial charge in [-0.3, -0.25) is 9.67 Å². The Balaban J connectivity index is 2.49. The molecule has 2 aromatic heterocycles. The second-order valence-corrected chi connectivity index (χ2v) is 3.25. The molecule has 0 saturated heterocycles. The van der Waals surface area contributed by atoms with Crippen molar-refractivity contribution >= 4 is 0 Å². The van der Waals surface area contributed by atoms with E-state index < -0.39 is 0 Å². The molecule has 0 saturated carbocycles. The van der Waals surface area contributed by atoms with Crippen molar-refractivity contribution in [3.05, 3.63) is 36.3 Å². The van der Waals surface area contributed by atoms with E-state index in [0.29, 0.717) is 6.42 Å². The topological polar surface area (TPSA) is 54.5 Å². The van der Waals surface area contributed by atoms with Crippen LogP contribution in [0.25, 0.3) is 11.3 Å². The Labute approximate surface area is 87.8 Å². The normalized spacial score (nSPS) is 9.87. The number of nitrogens with zero attached hydrogens (tertiary/aromatic N) is 4. The van der Waals surface area contributed by atoms with Crippen LogP contribution < -0.4 is 0 Å². The van der Waals surface area contributed by atoms with E-state index in [9.17, 15) is 0 Å². The molecule has 0 unspecified atom stereocenters. The second kappa shape index (κ2) is 3.93.